The van der Waals surface area contributed by atoms with Crippen LogP contribution < -0.4 is 0 Å². The van der Waals surface area contributed by atoms with Crippen LogP contribution in [0.5, 0.6) is 11.5 Å². The quantitative estimate of drug-likeness (QED) is 0.744. The summed E-state index contributed by atoms with van der Waals surface area (Å²) in [5, 5.41) is 17.3. The van der Waals surface area contributed by atoms with Gasteiger partial charge < -0.3 is 10.2 Å². The summed E-state index contributed by atoms with van der Waals surface area (Å²) in [6, 6.07) is 5.85. The molecule has 0 aromatic heterocycles. The van der Waals surface area contributed by atoms with Gasteiger partial charge in [-0.25, -0.2) is 0 Å². The first-order chi connectivity index (χ1) is 3.79. The molecule has 0 aliphatic carbocycles. The molecule has 0 heterocycles. The van der Waals surface area contributed by atoms with Crippen LogP contribution in [0.2, 0.25) is 0 Å². The third-order valence-corrected chi connectivity index (χ3v) is 0.830. The van der Waals surface area contributed by atoms with Gasteiger partial charge in [0.15, 0.2) is 0 Å². The Balaban J connectivity index is 0.000000640. The third kappa shape index (κ3) is 3.08. The van der Waals surface area contributed by atoms with Crippen molar-refractivity contribution in [2.75, 3.05) is 0 Å². The Morgan fingerprint density at radius 3 is 1.67 bits per heavy atom. The van der Waals surface area contributed by atoms with Gasteiger partial charge in [-0.15, -0.1) is 0 Å². The van der Waals surface area contributed by atoms with Gasteiger partial charge in [0, 0.05) is 50.1 Å². The molecule has 0 fully saturated rings. The largest absolute Gasteiger partial charge is 0.508 e. The first-order valence-electron chi connectivity index (χ1n) is 2.27. The summed E-state index contributed by atoms with van der Waals surface area (Å²) >= 11 is 0. The van der Waals surface area contributed by atoms with Gasteiger partial charge in [-0.2, -0.15) is 0 Å². The SMILES string of the molecule is Oc1cccc(O)c1.[Ac]. The fourth-order valence-electron chi connectivity index (χ4n) is 0.493. The molecule has 0 atom stereocenters. The van der Waals surface area contributed by atoms with E-state index < -0.39 is 0 Å². The van der Waals surface area contributed by atoms with Crippen LogP contribution >= 0.6 is 0 Å². The zero-order valence-electron chi connectivity index (χ0n) is 4.78. The fourth-order valence-corrected chi connectivity index (χ4v) is 0.493. The molecule has 9 heavy (non-hydrogen) atoms. The molecule has 1 rings (SSSR count). The first-order valence-corrected chi connectivity index (χ1v) is 2.27. The minimum absolute atomic E-state index is 0. The molecule has 0 amide bonds. The Morgan fingerprint density at radius 2 is 1.44 bits per heavy atom. The molecule has 2 nitrogen and oxygen atoms in total. The van der Waals surface area contributed by atoms with Crippen LogP contribution in [0, 0.1) is 44.1 Å². The minimum Gasteiger partial charge on any atom is -0.508 e. The topological polar surface area (TPSA) is 40.5 Å². The van der Waals surface area contributed by atoms with Gasteiger partial charge in [0.25, 0.3) is 0 Å². The summed E-state index contributed by atoms with van der Waals surface area (Å²) in [5.74, 6) is 0.176. The van der Waals surface area contributed by atoms with Crippen LogP contribution in [0.1, 0.15) is 0 Å². The molecule has 0 aliphatic heterocycles. The number of phenols is 2. The van der Waals surface area contributed by atoms with Gasteiger partial charge in [-0.05, 0) is 12.1 Å². The van der Waals surface area contributed by atoms with Crippen molar-refractivity contribution >= 4 is 0 Å². The summed E-state index contributed by atoms with van der Waals surface area (Å²) in [5.41, 5.74) is 0. The molecule has 1 radical (unpaired) electrons. The molecule has 0 saturated carbocycles. The van der Waals surface area contributed by atoms with Crippen LogP contribution in [0.3, 0.4) is 0 Å². The van der Waals surface area contributed by atoms with E-state index in [9.17, 15) is 0 Å². The van der Waals surface area contributed by atoms with E-state index >= 15 is 0 Å². The molecule has 1 aromatic rings. The summed E-state index contributed by atoms with van der Waals surface area (Å²) in [7, 11) is 0. The predicted molar refractivity (Wildman–Crippen MR) is 29.8 cm³/mol. The van der Waals surface area contributed by atoms with Crippen molar-refractivity contribution in [3.8, 4) is 11.5 Å². The Morgan fingerprint density at radius 1 is 1.00 bits per heavy atom. The second kappa shape index (κ2) is 4.14. The zero-order valence-corrected chi connectivity index (χ0v) is 9.53. The van der Waals surface area contributed by atoms with Crippen molar-refractivity contribution in [3.63, 3.8) is 0 Å². The molecule has 0 saturated heterocycles. The second-order valence-electron chi connectivity index (χ2n) is 1.52. The van der Waals surface area contributed by atoms with E-state index in [1.165, 1.54) is 18.2 Å². The van der Waals surface area contributed by atoms with Crippen molar-refractivity contribution in [2.45, 2.75) is 0 Å². The van der Waals surface area contributed by atoms with Crippen molar-refractivity contribution in [1.82, 2.24) is 0 Å². The van der Waals surface area contributed by atoms with E-state index in [0.717, 1.165) is 0 Å². The van der Waals surface area contributed by atoms with E-state index in [1.54, 1.807) is 6.07 Å². The van der Waals surface area contributed by atoms with E-state index in [2.05, 4.69) is 0 Å². The second-order valence-corrected chi connectivity index (χ2v) is 1.52. The molecule has 45 valence electrons. The smallest absolute Gasteiger partial charge is 0.119 e. The van der Waals surface area contributed by atoms with Crippen LogP contribution in [0.15, 0.2) is 24.3 Å². The van der Waals surface area contributed by atoms with Gasteiger partial charge in [-0.1, -0.05) is 6.07 Å². The molecule has 0 aliphatic rings. The summed E-state index contributed by atoms with van der Waals surface area (Å²) in [6.07, 6.45) is 0. The van der Waals surface area contributed by atoms with Crippen LogP contribution in [-0.2, 0) is 0 Å². The normalized spacial score (nSPS) is 8.00. The number of hydrogen-bond donors (Lipinski definition) is 2. The van der Waals surface area contributed by atoms with Crippen LogP contribution in [0.25, 0.3) is 0 Å². The molecule has 3 heteroatoms. The number of rotatable bonds is 0. The molecule has 0 spiro atoms. The van der Waals surface area contributed by atoms with Gasteiger partial charge >= 0.3 is 0 Å². The molecular weight excluding hydrogens is 331 g/mol. The van der Waals surface area contributed by atoms with Crippen LogP contribution in [0.4, 0.5) is 0 Å². The molecule has 0 bridgehead atoms. The van der Waals surface area contributed by atoms with Crippen molar-refractivity contribution in [1.29, 1.82) is 0 Å². The van der Waals surface area contributed by atoms with E-state index in [-0.39, 0.29) is 55.6 Å². The fraction of sp³-hybridized carbons (Fsp3) is 0. The van der Waals surface area contributed by atoms with Crippen molar-refractivity contribution in [3.05, 3.63) is 24.3 Å². The average Bonchev–Trinajstić information content (AvgIpc) is 1.64. The number of hydrogen-bond acceptors (Lipinski definition) is 2. The zero-order chi connectivity index (χ0) is 5.98. The molecule has 2 N–H and O–H groups in total. The standard InChI is InChI=1S/C6H6O2.Ac/c7-5-2-1-3-6(8)4-5;/h1-4,7-8H;. The Hall–Kier alpha value is 0.262. The van der Waals surface area contributed by atoms with Gasteiger partial charge in [0.05, 0.1) is 0 Å². The van der Waals surface area contributed by atoms with Gasteiger partial charge in [-0.3, -0.25) is 0 Å². The number of aromatic hydroxyl groups is 2. The molecule has 1 aromatic carbocycles. The Kier molecular flexibility index (Phi) is 4.26. The average molecular weight is 337 g/mol. The maximum absolute atomic E-state index is 8.65. The Labute approximate surface area is 89.1 Å². The van der Waals surface area contributed by atoms with Crippen LogP contribution in [-0.4, -0.2) is 10.2 Å². The number of benzene rings is 1. The van der Waals surface area contributed by atoms with E-state index in [0.29, 0.717) is 0 Å². The van der Waals surface area contributed by atoms with E-state index in [1.807, 2.05) is 0 Å². The van der Waals surface area contributed by atoms with E-state index in [4.69, 9.17) is 10.2 Å². The van der Waals surface area contributed by atoms with Gasteiger partial charge in [0.2, 0.25) is 0 Å². The first kappa shape index (κ1) is 9.26. The molecular formula is C6H6AcO2. The monoisotopic (exact) mass is 337 g/mol. The maximum Gasteiger partial charge on any atom is 0.119 e. The number of phenolic OH excluding ortho intramolecular Hbond substituents is 2. The molecule has 0 unspecified atom stereocenters. The van der Waals surface area contributed by atoms with Crippen molar-refractivity contribution < 1.29 is 54.3 Å². The Bertz CT molecular complexity index is 171. The summed E-state index contributed by atoms with van der Waals surface area (Å²) in [6.45, 7) is 0. The summed E-state index contributed by atoms with van der Waals surface area (Å²) in [4.78, 5) is 0. The maximum atomic E-state index is 8.65. The van der Waals surface area contributed by atoms with Crippen molar-refractivity contribution in [2.24, 2.45) is 0 Å². The third-order valence-electron chi connectivity index (χ3n) is 0.830. The minimum atomic E-state index is 0. The predicted octanol–water partition coefficient (Wildman–Crippen LogP) is 1.10. The summed E-state index contributed by atoms with van der Waals surface area (Å²) < 4.78 is 0. The van der Waals surface area contributed by atoms with Gasteiger partial charge in [0.1, 0.15) is 11.5 Å².